The van der Waals surface area contributed by atoms with Crippen molar-refractivity contribution in [3.05, 3.63) is 156 Å². The number of aromatic nitrogens is 2. The molecule has 8 aromatic rings. The third kappa shape index (κ3) is 8.40. The molecule has 5 aromatic carbocycles. The summed E-state index contributed by atoms with van der Waals surface area (Å²) in [7, 11) is -1.41. The molecular formula is C46H44GeIrN2SSi-2. The Morgan fingerprint density at radius 2 is 1.50 bits per heavy atom. The first kappa shape index (κ1) is 35.3. The molecule has 263 valence electrons. The first-order valence-corrected chi connectivity index (χ1v) is 29.1. The number of hydrogen-bond donors (Lipinski definition) is 0. The monoisotopic (exact) mass is 953 g/mol. The van der Waals surface area contributed by atoms with Crippen LogP contribution < -0.4 is 9.58 Å². The summed E-state index contributed by atoms with van der Waals surface area (Å²) in [4.78, 5) is 9.25. The Bertz CT molecular complexity index is 2590. The molecule has 0 amide bonds. The van der Waals surface area contributed by atoms with Gasteiger partial charge in [-0.05, 0) is 56.2 Å². The van der Waals surface area contributed by atoms with Crippen LogP contribution in [0.4, 0.5) is 0 Å². The van der Waals surface area contributed by atoms with Crippen LogP contribution in [0.2, 0.25) is 36.9 Å². The van der Waals surface area contributed by atoms with Crippen LogP contribution in [0.5, 0.6) is 0 Å². The zero-order chi connectivity index (χ0) is 37.5. The Labute approximate surface area is 332 Å². The molecule has 0 aliphatic rings. The summed E-state index contributed by atoms with van der Waals surface area (Å²) < 4.78 is 21.9. The molecular weight excluding hydrogens is 905 g/mol. The van der Waals surface area contributed by atoms with E-state index in [9.17, 15) is 0 Å². The van der Waals surface area contributed by atoms with E-state index in [-0.39, 0.29) is 20.1 Å². The van der Waals surface area contributed by atoms with Gasteiger partial charge in [-0.3, -0.25) is 0 Å². The second-order valence-electron chi connectivity index (χ2n) is 15.2. The van der Waals surface area contributed by atoms with Crippen LogP contribution in [0, 0.1) is 19.1 Å². The van der Waals surface area contributed by atoms with Crippen LogP contribution >= 0.6 is 11.3 Å². The molecule has 52 heavy (non-hydrogen) atoms. The number of fused-ring (bicyclic) bond motifs is 4. The molecule has 0 aliphatic carbocycles. The molecule has 0 unspecified atom stereocenters. The first-order chi connectivity index (χ1) is 25.2. The topological polar surface area (TPSA) is 25.8 Å². The summed E-state index contributed by atoms with van der Waals surface area (Å²) in [5.41, 5.74) is 6.39. The summed E-state index contributed by atoms with van der Waals surface area (Å²) >= 11 is 0.00916. The van der Waals surface area contributed by atoms with Gasteiger partial charge in [-0.1, -0.05) is 90.9 Å². The molecule has 6 heteroatoms. The first-order valence-electron chi connectivity index (χ1n) is 18.5. The minimum atomic E-state index is -1.77. The molecule has 2 nitrogen and oxygen atoms in total. The van der Waals surface area contributed by atoms with Gasteiger partial charge >= 0.3 is 106 Å². The van der Waals surface area contributed by atoms with Crippen molar-refractivity contribution in [2.75, 3.05) is 0 Å². The van der Waals surface area contributed by atoms with Crippen molar-refractivity contribution >= 4 is 73.2 Å². The Hall–Kier alpha value is -3.71. The fourth-order valence-electron chi connectivity index (χ4n) is 6.52. The number of pyridine rings is 2. The molecule has 3 aromatic heterocycles. The van der Waals surface area contributed by atoms with Gasteiger partial charge in [-0.2, -0.15) is 11.3 Å². The molecule has 0 spiro atoms. The number of thiophene rings is 1. The number of rotatable bonds is 6. The van der Waals surface area contributed by atoms with Gasteiger partial charge in [0.05, 0.1) is 8.07 Å². The van der Waals surface area contributed by atoms with Gasteiger partial charge in [-0.25, -0.2) is 0 Å². The molecule has 0 atom stereocenters. The number of aryl methyl sites for hydroxylation is 1. The quantitative estimate of drug-likeness (QED) is 0.123. The zero-order valence-corrected chi connectivity index (χ0v) is 37.1. The zero-order valence-electron chi connectivity index (χ0n) is 32.8. The maximum absolute atomic E-state index is 9.01. The van der Waals surface area contributed by atoms with Gasteiger partial charge < -0.3 is 4.98 Å². The van der Waals surface area contributed by atoms with Crippen LogP contribution in [-0.4, -0.2) is 31.3 Å². The van der Waals surface area contributed by atoms with Crippen molar-refractivity contribution in [2.45, 2.75) is 50.2 Å². The predicted octanol–water partition coefficient (Wildman–Crippen LogP) is 11.6. The standard InChI is InChI=1S/C31H26NSSi.C15H18GeN.Ir/c1-34(2,3)25-13-14-26-27-9-6-10-28(31(27)33-30(26)20-25)29-19-22(15-16-32-29)17-21-11-12-23-7-4-5-8-24(23)18-21;1-12-10-15(13-8-6-5-7-9-13)17-11-14(12)16(2,3)4;/h4-9,11-16,18-20H,17H2,1-3H3;5-8,10-11H,1-4H3;/q2*-1;/i17D2;;. The summed E-state index contributed by atoms with van der Waals surface area (Å²) in [5, 5.41) is 6.06. The van der Waals surface area contributed by atoms with E-state index in [0.29, 0.717) is 11.1 Å². The molecule has 0 saturated carbocycles. The van der Waals surface area contributed by atoms with E-state index in [0.717, 1.165) is 38.0 Å². The number of nitrogens with zero attached hydrogens (tertiary/aromatic N) is 2. The Morgan fingerprint density at radius 3 is 2.23 bits per heavy atom. The predicted molar refractivity (Wildman–Crippen MR) is 227 cm³/mol. The van der Waals surface area contributed by atoms with Gasteiger partial charge in [0, 0.05) is 33.7 Å². The van der Waals surface area contributed by atoms with Crippen LogP contribution in [0.1, 0.15) is 19.4 Å². The molecule has 0 N–H and O–H groups in total. The van der Waals surface area contributed by atoms with Crippen LogP contribution in [0.3, 0.4) is 0 Å². The minimum absolute atomic E-state index is 0. The van der Waals surface area contributed by atoms with Crippen LogP contribution in [-0.2, 0) is 26.5 Å². The molecule has 3 heterocycles. The molecule has 0 saturated heterocycles. The third-order valence-electron chi connectivity index (χ3n) is 9.26. The van der Waals surface area contributed by atoms with Crippen LogP contribution in [0.15, 0.2) is 128 Å². The Balaban J connectivity index is 0.000000233. The average molecular weight is 952 g/mol. The average Bonchev–Trinajstić information content (AvgIpc) is 3.53. The summed E-state index contributed by atoms with van der Waals surface area (Å²) in [6.45, 7) is 9.32. The maximum atomic E-state index is 9.01. The summed E-state index contributed by atoms with van der Waals surface area (Å²) in [6, 6.07) is 45.4. The van der Waals surface area contributed by atoms with Crippen molar-refractivity contribution < 1.29 is 22.8 Å². The fraction of sp³-hybridized carbons (Fsp3) is 0.174. The summed E-state index contributed by atoms with van der Waals surface area (Å²) in [5.74, 6) is 7.20. The van der Waals surface area contributed by atoms with E-state index in [1.165, 1.54) is 30.6 Å². The second kappa shape index (κ2) is 15.7. The molecule has 1 radical (unpaired) electrons. The van der Waals surface area contributed by atoms with E-state index in [2.05, 4.69) is 109 Å². The van der Waals surface area contributed by atoms with Gasteiger partial charge in [0.15, 0.2) is 0 Å². The van der Waals surface area contributed by atoms with E-state index in [4.69, 9.17) is 2.74 Å². The molecule has 8 rings (SSSR count). The van der Waals surface area contributed by atoms with Crippen LogP contribution in [0.25, 0.3) is 53.5 Å². The Morgan fingerprint density at radius 1 is 0.731 bits per heavy atom. The van der Waals surface area contributed by atoms with Gasteiger partial charge in [0.1, 0.15) is 0 Å². The second-order valence-corrected chi connectivity index (χ2v) is 31.9. The SMILES string of the molecule is Cc1cc(-c2[c-]cccc2)nc[c]1[Ge]([CH3])([CH3])[CH3].[2H]C([2H])(c1ccnc(-c2[c-]ccc3c2sc2cc([Si](C)(C)C)ccc23)c1)c1ccc2ccccc2c1.[Ir]. The van der Waals surface area contributed by atoms with E-state index < -0.39 is 27.7 Å². The van der Waals surface area contributed by atoms with Gasteiger partial charge in [0.25, 0.3) is 0 Å². The number of benzene rings is 5. The van der Waals surface area contributed by atoms with Crippen molar-refractivity contribution in [3.8, 4) is 22.5 Å². The third-order valence-corrected chi connectivity index (χ3v) is 17.0. The van der Waals surface area contributed by atoms with E-state index in [1.54, 1.807) is 23.6 Å². The summed E-state index contributed by atoms with van der Waals surface area (Å²) in [6.07, 6.45) is 2.14. The minimum Gasteiger partial charge on any atom is -0.305 e. The Kier molecular flexibility index (Phi) is 10.7. The number of hydrogen-bond acceptors (Lipinski definition) is 3. The molecule has 0 bridgehead atoms. The normalized spacial score (nSPS) is 12.5. The van der Waals surface area contributed by atoms with Crippen molar-refractivity contribution in [1.29, 1.82) is 0 Å². The van der Waals surface area contributed by atoms with E-state index in [1.807, 2.05) is 72.8 Å². The van der Waals surface area contributed by atoms with Gasteiger partial charge in [-0.15, -0.1) is 23.8 Å². The van der Waals surface area contributed by atoms with Gasteiger partial charge in [0.2, 0.25) is 0 Å². The van der Waals surface area contributed by atoms with E-state index >= 15 is 0 Å². The van der Waals surface area contributed by atoms with Crippen molar-refractivity contribution in [3.63, 3.8) is 0 Å². The fourth-order valence-corrected chi connectivity index (χ4v) is 12.6. The molecule has 0 fully saturated rings. The largest absolute Gasteiger partial charge is 0.305 e. The van der Waals surface area contributed by atoms with Crippen molar-refractivity contribution in [1.82, 2.24) is 9.97 Å². The smallest absolute Gasteiger partial charge is 0.0776 e. The molecule has 0 aliphatic heterocycles. The maximum Gasteiger partial charge on any atom is 0.0776 e. The van der Waals surface area contributed by atoms with Crippen molar-refractivity contribution in [2.24, 2.45) is 0 Å².